The van der Waals surface area contributed by atoms with E-state index < -0.39 is 24.3 Å². The highest BCUT2D eigenvalue weighted by Crippen LogP contribution is 2.49. The molecule has 1 aliphatic heterocycles. The Bertz CT molecular complexity index is 315. The van der Waals surface area contributed by atoms with Crippen molar-refractivity contribution in [3.8, 4) is 0 Å². The van der Waals surface area contributed by atoms with E-state index in [9.17, 15) is 14.6 Å². The van der Waals surface area contributed by atoms with E-state index >= 15 is 0 Å². The maximum absolute atomic E-state index is 14.7. The maximum atomic E-state index is 14.7. The van der Waals surface area contributed by atoms with E-state index in [-0.39, 0.29) is 5.54 Å². The van der Waals surface area contributed by atoms with Crippen molar-refractivity contribution < 1.29 is 14.6 Å². The Kier molecular flexibility index (Phi) is 3.84. The molecule has 0 aromatic carbocycles. The molecule has 0 radical (unpaired) electrons. The van der Waals surface area contributed by atoms with Crippen molar-refractivity contribution in [3.63, 3.8) is 0 Å². The molecule has 0 aromatic heterocycles. The number of aliphatic hydroxyl groups is 2. The predicted molar refractivity (Wildman–Crippen MR) is 71.6 cm³/mol. The zero-order valence-electron chi connectivity index (χ0n) is 11.5. The summed E-state index contributed by atoms with van der Waals surface area (Å²) in [5.74, 6) is 0.0593. The monoisotopic (exact) mass is 271 g/mol. The quantitative estimate of drug-likeness (QED) is 0.733. The highest BCUT2D eigenvalue weighted by atomic mass is 19.1. The molecule has 3 aliphatic rings. The molecule has 110 valence electrons. The zero-order valence-corrected chi connectivity index (χ0v) is 11.5. The molecule has 0 bridgehead atoms. The van der Waals surface area contributed by atoms with Crippen molar-refractivity contribution in [1.82, 2.24) is 5.32 Å². The van der Waals surface area contributed by atoms with Gasteiger partial charge in [-0.1, -0.05) is 32.1 Å². The first-order valence-electron chi connectivity index (χ1n) is 7.88. The summed E-state index contributed by atoms with van der Waals surface area (Å²) in [6.45, 7) is 0.397. The molecule has 3 N–H and O–H groups in total. The van der Waals surface area contributed by atoms with Crippen LogP contribution >= 0.6 is 0 Å². The smallest absolute Gasteiger partial charge is 0.108 e. The minimum atomic E-state index is -0.983. The largest absolute Gasteiger partial charge is 0.390 e. The fraction of sp³-hybridized carbons (Fsp3) is 1.00. The summed E-state index contributed by atoms with van der Waals surface area (Å²) in [4.78, 5) is 0. The minimum Gasteiger partial charge on any atom is -0.390 e. The van der Waals surface area contributed by atoms with E-state index in [0.29, 0.717) is 18.9 Å². The van der Waals surface area contributed by atoms with Gasteiger partial charge in [-0.15, -0.1) is 0 Å². The van der Waals surface area contributed by atoms with Gasteiger partial charge in [0.2, 0.25) is 0 Å². The van der Waals surface area contributed by atoms with E-state index in [1.54, 1.807) is 0 Å². The third kappa shape index (κ3) is 2.67. The van der Waals surface area contributed by atoms with Gasteiger partial charge in [0.15, 0.2) is 0 Å². The lowest BCUT2D eigenvalue weighted by molar-refractivity contribution is -0.0850. The first kappa shape index (κ1) is 13.8. The molecule has 2 saturated carbocycles. The van der Waals surface area contributed by atoms with Gasteiger partial charge < -0.3 is 15.5 Å². The molecule has 3 fully saturated rings. The van der Waals surface area contributed by atoms with Crippen LogP contribution < -0.4 is 5.32 Å². The topological polar surface area (TPSA) is 52.5 Å². The van der Waals surface area contributed by atoms with Crippen LogP contribution in [0.25, 0.3) is 0 Å². The summed E-state index contributed by atoms with van der Waals surface area (Å²) in [7, 11) is 0. The fourth-order valence-electron chi connectivity index (χ4n) is 4.21. The molecule has 0 unspecified atom stereocenters. The lowest BCUT2D eigenvalue weighted by atomic mass is 9.76. The highest BCUT2D eigenvalue weighted by molar-refractivity contribution is 5.14. The van der Waals surface area contributed by atoms with Gasteiger partial charge >= 0.3 is 0 Å². The van der Waals surface area contributed by atoms with Crippen LogP contribution in [0.5, 0.6) is 0 Å². The number of piperidine rings is 1. The number of β-amino-alcohol motifs (C(OH)–C–C–N with tert-alkyl or cyclic N) is 1. The molecule has 1 saturated heterocycles. The summed E-state index contributed by atoms with van der Waals surface area (Å²) in [6.07, 6.45) is 5.72. The first-order valence-corrected chi connectivity index (χ1v) is 7.88. The average molecular weight is 271 g/mol. The summed E-state index contributed by atoms with van der Waals surface area (Å²) < 4.78 is 14.7. The van der Waals surface area contributed by atoms with Gasteiger partial charge in [-0.05, 0) is 25.2 Å². The molecule has 3 rings (SSSR count). The molecule has 1 spiro atoms. The second kappa shape index (κ2) is 5.30. The number of rotatable bonds is 3. The summed E-state index contributed by atoms with van der Waals surface area (Å²) in [5, 5.41) is 23.2. The van der Waals surface area contributed by atoms with Crippen molar-refractivity contribution >= 4 is 0 Å². The van der Waals surface area contributed by atoms with Crippen LogP contribution in [0, 0.1) is 11.8 Å². The summed E-state index contributed by atoms with van der Waals surface area (Å²) in [5.41, 5.74) is -0.216. The Balaban J connectivity index is 1.64. The van der Waals surface area contributed by atoms with E-state index in [1.807, 2.05) is 0 Å². The van der Waals surface area contributed by atoms with Crippen LogP contribution in [-0.2, 0) is 0 Å². The number of aliphatic hydroxyl groups excluding tert-OH is 2. The molecule has 1 heterocycles. The maximum Gasteiger partial charge on any atom is 0.108 e. The Morgan fingerprint density at radius 1 is 1.16 bits per heavy atom. The van der Waals surface area contributed by atoms with Crippen LogP contribution in [0.2, 0.25) is 0 Å². The number of nitrogens with one attached hydrogen (secondary N) is 1. The highest BCUT2D eigenvalue weighted by Gasteiger charge is 2.58. The second-order valence-electron chi connectivity index (χ2n) is 6.88. The van der Waals surface area contributed by atoms with Crippen molar-refractivity contribution in [2.24, 2.45) is 11.8 Å². The van der Waals surface area contributed by atoms with Gasteiger partial charge in [-0.3, -0.25) is 0 Å². The predicted octanol–water partition coefficient (Wildman–Crippen LogP) is 1.77. The molecule has 3 nitrogen and oxygen atoms in total. The van der Waals surface area contributed by atoms with Gasteiger partial charge in [0, 0.05) is 18.0 Å². The van der Waals surface area contributed by atoms with Crippen molar-refractivity contribution in [3.05, 3.63) is 0 Å². The standard InChI is InChI=1S/C15H26FNO2/c16-11(8-10-4-2-1-3-5-10)13-14(19)12(18)9-17-15(13)6-7-15/h10-14,17-19H,1-9H2/t11-,12+,13+,14-/m0/s1. The van der Waals surface area contributed by atoms with E-state index in [0.717, 1.165) is 25.7 Å². The van der Waals surface area contributed by atoms with Gasteiger partial charge in [0.05, 0.1) is 12.2 Å². The summed E-state index contributed by atoms with van der Waals surface area (Å²) in [6, 6.07) is 0. The number of halogens is 1. The van der Waals surface area contributed by atoms with Crippen LogP contribution in [0.4, 0.5) is 4.39 Å². The average Bonchev–Trinajstić information content (AvgIpc) is 3.16. The number of hydrogen-bond donors (Lipinski definition) is 3. The van der Waals surface area contributed by atoms with Crippen molar-refractivity contribution in [1.29, 1.82) is 0 Å². The zero-order chi connectivity index (χ0) is 13.5. The Hall–Kier alpha value is -0.190. The Labute approximate surface area is 114 Å². The van der Waals surface area contributed by atoms with Gasteiger partial charge in [0.25, 0.3) is 0 Å². The van der Waals surface area contributed by atoms with Crippen LogP contribution in [-0.4, -0.2) is 40.7 Å². The van der Waals surface area contributed by atoms with Crippen LogP contribution in [0.1, 0.15) is 51.4 Å². The van der Waals surface area contributed by atoms with Crippen LogP contribution in [0.15, 0.2) is 0 Å². The van der Waals surface area contributed by atoms with Gasteiger partial charge in [0.1, 0.15) is 6.17 Å². The number of alkyl halides is 1. The summed E-state index contributed by atoms with van der Waals surface area (Å²) >= 11 is 0. The normalized spacial score (nSPS) is 40.3. The molecule has 2 aliphatic carbocycles. The molecule has 0 amide bonds. The first-order chi connectivity index (χ1) is 9.12. The van der Waals surface area contributed by atoms with Gasteiger partial charge in [-0.25, -0.2) is 4.39 Å². The van der Waals surface area contributed by atoms with E-state index in [2.05, 4.69) is 5.32 Å². The lowest BCUT2D eigenvalue weighted by Gasteiger charge is -2.42. The molecule has 19 heavy (non-hydrogen) atoms. The Morgan fingerprint density at radius 3 is 2.47 bits per heavy atom. The number of hydrogen-bond acceptors (Lipinski definition) is 3. The Morgan fingerprint density at radius 2 is 1.84 bits per heavy atom. The minimum absolute atomic E-state index is 0.216. The van der Waals surface area contributed by atoms with Crippen LogP contribution in [0.3, 0.4) is 0 Å². The fourth-order valence-corrected chi connectivity index (χ4v) is 4.21. The second-order valence-corrected chi connectivity index (χ2v) is 6.88. The third-order valence-corrected chi connectivity index (χ3v) is 5.53. The molecule has 4 atom stereocenters. The molecule has 0 aromatic rings. The van der Waals surface area contributed by atoms with Crippen molar-refractivity contribution in [2.75, 3.05) is 6.54 Å². The third-order valence-electron chi connectivity index (χ3n) is 5.53. The molecular formula is C15H26FNO2. The SMILES string of the molecule is O[C@@H]1[C@@H]([C@@H](F)CC2CCCCC2)C2(CC2)NC[C@H]1O. The van der Waals surface area contributed by atoms with E-state index in [1.165, 1.54) is 19.3 Å². The lowest BCUT2D eigenvalue weighted by Crippen LogP contribution is -2.61. The molecule has 4 heteroatoms. The van der Waals surface area contributed by atoms with Gasteiger partial charge in [-0.2, -0.15) is 0 Å². The molecular weight excluding hydrogens is 245 g/mol. The van der Waals surface area contributed by atoms with E-state index in [4.69, 9.17) is 0 Å². The van der Waals surface area contributed by atoms with Crippen molar-refractivity contribution in [2.45, 2.75) is 75.3 Å².